The van der Waals surface area contributed by atoms with Crippen molar-refractivity contribution in [1.82, 2.24) is 9.55 Å². The standard InChI is InChI=1S/C30H30N2O5S/c33-26-16-17-32(30(34)31-26)29-28(37-20-24-14-8-3-9-15-24)27(36-19-23-12-6-2-7-13-23)25(38-29)21-35-18-22-10-4-1-5-11-22/h1-17,25,27-29H,18-21H2,(H,31,33,34)/t25-,27-,28+,29-/m0/s1. The molecule has 4 atom stereocenters. The van der Waals surface area contributed by atoms with E-state index in [1.165, 1.54) is 16.8 Å². The molecule has 196 valence electrons. The monoisotopic (exact) mass is 530 g/mol. The topological polar surface area (TPSA) is 82.5 Å². The number of H-pyrrole nitrogens is 1. The molecule has 0 aliphatic carbocycles. The first-order chi connectivity index (χ1) is 18.7. The van der Waals surface area contributed by atoms with Crippen molar-refractivity contribution in [3.05, 3.63) is 141 Å². The Kier molecular flexibility index (Phi) is 8.88. The van der Waals surface area contributed by atoms with E-state index >= 15 is 0 Å². The summed E-state index contributed by atoms with van der Waals surface area (Å²) in [5.41, 5.74) is 2.25. The van der Waals surface area contributed by atoms with Crippen LogP contribution in [0.25, 0.3) is 0 Å². The third-order valence-electron chi connectivity index (χ3n) is 6.38. The molecule has 0 saturated carbocycles. The van der Waals surface area contributed by atoms with Gasteiger partial charge in [-0.3, -0.25) is 14.3 Å². The minimum absolute atomic E-state index is 0.105. The summed E-state index contributed by atoms with van der Waals surface area (Å²) < 4.78 is 20.6. The molecule has 1 fully saturated rings. The first-order valence-corrected chi connectivity index (χ1v) is 13.5. The van der Waals surface area contributed by atoms with E-state index in [-0.39, 0.29) is 11.4 Å². The molecule has 0 spiro atoms. The number of aromatic amines is 1. The molecule has 0 bridgehead atoms. The fourth-order valence-electron chi connectivity index (χ4n) is 4.47. The minimum Gasteiger partial charge on any atom is -0.376 e. The maximum atomic E-state index is 12.8. The van der Waals surface area contributed by atoms with Crippen LogP contribution in [0.5, 0.6) is 0 Å². The SMILES string of the molecule is O=c1ccn([C@H]2S[C@@H](COCc3ccccc3)[C@H](OCc3ccccc3)[C@H]2OCc2ccccc2)c(=O)[nH]1. The van der Waals surface area contributed by atoms with Crippen LogP contribution >= 0.6 is 11.8 Å². The number of ether oxygens (including phenoxy) is 3. The Morgan fingerprint density at radius 1 is 0.684 bits per heavy atom. The van der Waals surface area contributed by atoms with Gasteiger partial charge in [0.15, 0.2) is 0 Å². The summed E-state index contributed by atoms with van der Waals surface area (Å²) in [5.74, 6) is 0. The van der Waals surface area contributed by atoms with Crippen LogP contribution in [-0.4, -0.2) is 33.6 Å². The van der Waals surface area contributed by atoms with Crippen LogP contribution in [0.3, 0.4) is 0 Å². The van der Waals surface area contributed by atoms with Gasteiger partial charge in [-0.1, -0.05) is 91.0 Å². The van der Waals surface area contributed by atoms with Crippen molar-refractivity contribution in [3.8, 4) is 0 Å². The highest BCUT2D eigenvalue weighted by Crippen LogP contribution is 2.45. The molecule has 3 aromatic carbocycles. The van der Waals surface area contributed by atoms with Gasteiger partial charge in [-0.15, -0.1) is 11.8 Å². The fraction of sp³-hybridized carbons (Fsp3) is 0.267. The molecular formula is C30H30N2O5S. The second-order valence-electron chi connectivity index (χ2n) is 9.11. The molecular weight excluding hydrogens is 500 g/mol. The van der Waals surface area contributed by atoms with E-state index in [1.54, 1.807) is 11.8 Å². The summed E-state index contributed by atoms with van der Waals surface area (Å²) in [6, 6.07) is 31.2. The summed E-state index contributed by atoms with van der Waals surface area (Å²) >= 11 is 1.57. The van der Waals surface area contributed by atoms with Crippen molar-refractivity contribution in [2.24, 2.45) is 0 Å². The Balaban J connectivity index is 1.41. The number of hydrogen-bond acceptors (Lipinski definition) is 6. The van der Waals surface area contributed by atoms with Crippen molar-refractivity contribution < 1.29 is 14.2 Å². The number of thioether (sulfide) groups is 1. The molecule has 0 amide bonds. The Bertz CT molecular complexity index is 1390. The molecule has 1 aromatic heterocycles. The third-order valence-corrected chi connectivity index (χ3v) is 7.90. The third kappa shape index (κ3) is 6.71. The predicted octanol–water partition coefficient (Wildman–Crippen LogP) is 4.54. The van der Waals surface area contributed by atoms with E-state index in [0.29, 0.717) is 26.4 Å². The van der Waals surface area contributed by atoms with E-state index < -0.39 is 22.7 Å². The summed E-state index contributed by atoms with van der Waals surface area (Å²) in [4.78, 5) is 26.9. The van der Waals surface area contributed by atoms with E-state index in [0.717, 1.165) is 16.7 Å². The number of aromatic nitrogens is 2. The van der Waals surface area contributed by atoms with Gasteiger partial charge in [0, 0.05) is 12.3 Å². The lowest BCUT2D eigenvalue weighted by Gasteiger charge is -2.27. The van der Waals surface area contributed by atoms with Crippen LogP contribution in [0.2, 0.25) is 0 Å². The fourth-order valence-corrected chi connectivity index (χ4v) is 6.08. The predicted molar refractivity (Wildman–Crippen MR) is 148 cm³/mol. The quantitative estimate of drug-likeness (QED) is 0.307. The molecule has 1 saturated heterocycles. The van der Waals surface area contributed by atoms with Gasteiger partial charge in [0.25, 0.3) is 5.56 Å². The second kappa shape index (κ2) is 12.9. The lowest BCUT2D eigenvalue weighted by molar-refractivity contribution is -0.0920. The Morgan fingerprint density at radius 2 is 1.21 bits per heavy atom. The molecule has 1 aliphatic heterocycles. The number of nitrogens with one attached hydrogen (secondary N) is 1. The smallest absolute Gasteiger partial charge is 0.329 e. The number of hydrogen-bond donors (Lipinski definition) is 1. The van der Waals surface area contributed by atoms with Gasteiger partial charge >= 0.3 is 5.69 Å². The van der Waals surface area contributed by atoms with Gasteiger partial charge in [0.1, 0.15) is 17.6 Å². The van der Waals surface area contributed by atoms with Crippen LogP contribution in [0.15, 0.2) is 113 Å². The maximum Gasteiger partial charge on any atom is 0.329 e. The van der Waals surface area contributed by atoms with Crippen LogP contribution in [-0.2, 0) is 34.0 Å². The largest absolute Gasteiger partial charge is 0.376 e. The zero-order valence-electron chi connectivity index (χ0n) is 20.8. The van der Waals surface area contributed by atoms with Gasteiger partial charge < -0.3 is 14.2 Å². The van der Waals surface area contributed by atoms with Gasteiger partial charge in [-0.2, -0.15) is 0 Å². The Hall–Kier alpha value is -3.43. The first-order valence-electron chi connectivity index (χ1n) is 12.6. The second-order valence-corrected chi connectivity index (χ2v) is 10.5. The van der Waals surface area contributed by atoms with Gasteiger partial charge in [0.2, 0.25) is 0 Å². The molecule has 1 aliphatic rings. The van der Waals surface area contributed by atoms with Gasteiger partial charge in [-0.05, 0) is 16.7 Å². The normalized spacial score (nSPS) is 20.9. The minimum atomic E-state index is -0.476. The molecule has 8 heteroatoms. The van der Waals surface area contributed by atoms with Crippen molar-refractivity contribution in [3.63, 3.8) is 0 Å². The molecule has 4 aromatic rings. The van der Waals surface area contributed by atoms with Crippen LogP contribution in [0, 0.1) is 0 Å². The molecule has 7 nitrogen and oxygen atoms in total. The number of benzene rings is 3. The van der Waals surface area contributed by atoms with Gasteiger partial charge in [0.05, 0.1) is 31.7 Å². The molecule has 0 radical (unpaired) electrons. The lowest BCUT2D eigenvalue weighted by Crippen LogP contribution is -2.40. The summed E-state index contributed by atoms with van der Waals surface area (Å²) in [7, 11) is 0. The van der Waals surface area contributed by atoms with Crippen molar-refractivity contribution >= 4 is 11.8 Å². The molecule has 2 heterocycles. The first kappa shape index (κ1) is 26.2. The van der Waals surface area contributed by atoms with Crippen molar-refractivity contribution in [1.29, 1.82) is 0 Å². The van der Waals surface area contributed by atoms with Crippen molar-refractivity contribution in [2.45, 2.75) is 42.7 Å². The van der Waals surface area contributed by atoms with E-state index in [2.05, 4.69) is 4.98 Å². The zero-order chi connectivity index (χ0) is 26.2. The average Bonchev–Trinajstić information content (AvgIpc) is 3.29. The average molecular weight is 531 g/mol. The zero-order valence-corrected chi connectivity index (χ0v) is 21.7. The van der Waals surface area contributed by atoms with E-state index in [9.17, 15) is 9.59 Å². The molecule has 1 N–H and O–H groups in total. The van der Waals surface area contributed by atoms with Crippen LogP contribution in [0.1, 0.15) is 22.1 Å². The van der Waals surface area contributed by atoms with Crippen LogP contribution in [0.4, 0.5) is 0 Å². The van der Waals surface area contributed by atoms with Crippen molar-refractivity contribution in [2.75, 3.05) is 6.61 Å². The Morgan fingerprint density at radius 3 is 1.76 bits per heavy atom. The summed E-state index contributed by atoms with van der Waals surface area (Å²) in [6.45, 7) is 1.66. The summed E-state index contributed by atoms with van der Waals surface area (Å²) in [5, 5.41) is -0.513. The molecule has 0 unspecified atom stereocenters. The highest BCUT2D eigenvalue weighted by atomic mass is 32.2. The highest BCUT2D eigenvalue weighted by molar-refractivity contribution is 8.00. The number of rotatable bonds is 11. The molecule has 38 heavy (non-hydrogen) atoms. The van der Waals surface area contributed by atoms with Crippen LogP contribution < -0.4 is 11.2 Å². The van der Waals surface area contributed by atoms with E-state index in [1.807, 2.05) is 91.0 Å². The highest BCUT2D eigenvalue weighted by Gasteiger charge is 2.47. The van der Waals surface area contributed by atoms with Gasteiger partial charge in [-0.25, -0.2) is 4.79 Å². The molecule has 5 rings (SSSR count). The van der Waals surface area contributed by atoms with E-state index in [4.69, 9.17) is 14.2 Å². The number of nitrogens with zero attached hydrogens (tertiary/aromatic N) is 1. The Labute approximate surface area is 225 Å². The summed E-state index contributed by atoms with van der Waals surface area (Å²) in [6.07, 6.45) is 0.709. The maximum absolute atomic E-state index is 12.8. The lowest BCUT2D eigenvalue weighted by atomic mass is 10.1.